The van der Waals surface area contributed by atoms with E-state index in [4.69, 9.17) is 9.84 Å². The summed E-state index contributed by atoms with van der Waals surface area (Å²) in [4.78, 5) is 4.61. The van der Waals surface area contributed by atoms with Crippen LogP contribution in [0.5, 0.6) is 0 Å². The number of rotatable bonds is 5. The molecule has 0 radical (unpaired) electrons. The number of likely N-dealkylation sites (tertiary alicyclic amines) is 1. The summed E-state index contributed by atoms with van der Waals surface area (Å²) in [7, 11) is 0. The van der Waals surface area contributed by atoms with Gasteiger partial charge in [0.2, 0.25) is 0 Å². The van der Waals surface area contributed by atoms with Crippen molar-refractivity contribution in [2.45, 2.75) is 18.9 Å². The van der Waals surface area contributed by atoms with Crippen molar-refractivity contribution in [2.75, 3.05) is 45.9 Å². The summed E-state index contributed by atoms with van der Waals surface area (Å²) in [6.07, 6.45) is 12.1. The van der Waals surface area contributed by atoms with Crippen molar-refractivity contribution < 1.29 is 18.1 Å². The number of ether oxygens (including phenoxy) is 1. The number of quaternary nitrogens is 1. The fourth-order valence-corrected chi connectivity index (χ4v) is 4.84. The van der Waals surface area contributed by atoms with Gasteiger partial charge in [0.25, 0.3) is 0 Å². The summed E-state index contributed by atoms with van der Waals surface area (Å²) >= 11 is 0. The summed E-state index contributed by atoms with van der Waals surface area (Å²) in [5.41, 5.74) is 2.60. The van der Waals surface area contributed by atoms with Crippen molar-refractivity contribution in [3.63, 3.8) is 0 Å². The Hall–Kier alpha value is -2.35. The molecular formula is C23H27F2N4O+. The Morgan fingerprint density at radius 3 is 2.90 bits per heavy atom. The first-order valence-corrected chi connectivity index (χ1v) is 10.7. The maximum Gasteiger partial charge on any atom is 0.167 e. The van der Waals surface area contributed by atoms with Crippen molar-refractivity contribution in [1.29, 1.82) is 0 Å². The van der Waals surface area contributed by atoms with Crippen molar-refractivity contribution >= 4 is 6.21 Å². The molecule has 0 N–H and O–H groups in total. The second-order valence-corrected chi connectivity index (χ2v) is 8.26. The Bertz CT molecular complexity index is 935. The summed E-state index contributed by atoms with van der Waals surface area (Å²) in [5.74, 6) is -0.732. The summed E-state index contributed by atoms with van der Waals surface area (Å²) in [6.45, 7) is 6.15. The van der Waals surface area contributed by atoms with Crippen LogP contribution in [0.15, 0.2) is 59.1 Å². The maximum absolute atomic E-state index is 14.4. The molecule has 0 spiro atoms. The second kappa shape index (κ2) is 8.06. The number of fused-ring (bicyclic) bond motifs is 1. The molecule has 7 heteroatoms. The number of hydrogen-bond donors (Lipinski definition) is 0. The minimum Gasteiger partial charge on any atom is -0.379 e. The number of halogens is 2. The van der Waals surface area contributed by atoms with Crippen LogP contribution in [0.1, 0.15) is 24.4 Å². The third-order valence-corrected chi connectivity index (χ3v) is 6.52. The Morgan fingerprint density at radius 2 is 2.03 bits per heavy atom. The van der Waals surface area contributed by atoms with Crippen molar-refractivity contribution in [3.8, 4) is 0 Å². The minimum atomic E-state index is -0.392. The van der Waals surface area contributed by atoms with E-state index in [-0.39, 0.29) is 11.9 Å². The number of benzene rings is 1. The monoisotopic (exact) mass is 413 g/mol. The molecule has 0 saturated carbocycles. The first-order chi connectivity index (χ1) is 14.6. The lowest BCUT2D eigenvalue weighted by Gasteiger charge is -2.35. The summed E-state index contributed by atoms with van der Waals surface area (Å²) < 4.78 is 34.1. The van der Waals surface area contributed by atoms with Gasteiger partial charge in [0.05, 0.1) is 32.0 Å². The SMILES string of the molecule is Fc1ccc(F)c(C2CCCN2C2=CC3=CC=N[N@+]3(CCN3CCOCC3)C=C2)c1. The van der Waals surface area contributed by atoms with Gasteiger partial charge in [0.15, 0.2) is 5.70 Å². The minimum absolute atomic E-state index is 0.145. The lowest BCUT2D eigenvalue weighted by atomic mass is 10.0. The van der Waals surface area contributed by atoms with Crippen LogP contribution in [0.2, 0.25) is 0 Å². The van der Waals surface area contributed by atoms with E-state index in [1.54, 1.807) is 0 Å². The van der Waals surface area contributed by atoms with Gasteiger partial charge in [-0.2, -0.15) is 0 Å². The molecule has 30 heavy (non-hydrogen) atoms. The zero-order valence-corrected chi connectivity index (χ0v) is 17.0. The number of hydrogen-bond acceptors (Lipinski definition) is 4. The number of morpholine rings is 1. The van der Waals surface area contributed by atoms with Crippen molar-refractivity contribution in [1.82, 2.24) is 9.80 Å². The molecule has 1 aromatic carbocycles. The van der Waals surface area contributed by atoms with Crippen LogP contribution >= 0.6 is 0 Å². The molecule has 158 valence electrons. The molecule has 0 aromatic heterocycles. The van der Waals surface area contributed by atoms with E-state index in [2.05, 4.69) is 34.2 Å². The van der Waals surface area contributed by atoms with Gasteiger partial charge >= 0.3 is 0 Å². The van der Waals surface area contributed by atoms with Gasteiger partial charge < -0.3 is 9.64 Å². The average Bonchev–Trinajstić information content (AvgIpc) is 3.41. The molecule has 5 rings (SSSR count). The normalized spacial score (nSPS) is 28.6. The summed E-state index contributed by atoms with van der Waals surface area (Å²) in [6, 6.07) is 3.60. The van der Waals surface area contributed by atoms with E-state index < -0.39 is 5.82 Å². The van der Waals surface area contributed by atoms with Gasteiger partial charge in [-0.15, -0.1) is 4.59 Å². The Labute approximate surface area is 175 Å². The molecule has 2 atom stereocenters. The molecule has 0 aliphatic carbocycles. The van der Waals surface area contributed by atoms with E-state index in [0.717, 1.165) is 70.2 Å². The Kier molecular flexibility index (Phi) is 5.26. The molecule has 4 aliphatic heterocycles. The predicted molar refractivity (Wildman–Crippen MR) is 111 cm³/mol. The molecule has 1 aromatic rings. The van der Waals surface area contributed by atoms with Crippen LogP contribution in [0.3, 0.4) is 0 Å². The highest BCUT2D eigenvalue weighted by Gasteiger charge is 2.38. The van der Waals surface area contributed by atoms with Crippen LogP contribution in [0.4, 0.5) is 8.78 Å². The van der Waals surface area contributed by atoms with Crippen LogP contribution < -0.4 is 0 Å². The second-order valence-electron chi connectivity index (χ2n) is 8.26. The van der Waals surface area contributed by atoms with Crippen molar-refractivity contribution in [2.24, 2.45) is 5.10 Å². The summed E-state index contributed by atoms with van der Waals surface area (Å²) in [5, 5.41) is 4.74. The molecule has 0 amide bonds. The van der Waals surface area contributed by atoms with Crippen LogP contribution in [-0.4, -0.2) is 66.5 Å². The quantitative estimate of drug-likeness (QED) is 0.692. The third kappa shape index (κ3) is 3.62. The molecular weight excluding hydrogens is 386 g/mol. The van der Waals surface area contributed by atoms with Crippen molar-refractivity contribution in [3.05, 3.63) is 71.2 Å². The van der Waals surface area contributed by atoms with Gasteiger partial charge in [-0.3, -0.25) is 4.90 Å². The fourth-order valence-electron chi connectivity index (χ4n) is 4.84. The number of nitrogens with zero attached hydrogens (tertiary/aromatic N) is 4. The third-order valence-electron chi connectivity index (χ3n) is 6.52. The molecule has 2 fully saturated rings. The number of allylic oxidation sites excluding steroid dienone is 3. The lowest BCUT2D eigenvalue weighted by Crippen LogP contribution is -2.45. The van der Waals surface area contributed by atoms with E-state index >= 15 is 0 Å². The highest BCUT2D eigenvalue weighted by Crippen LogP contribution is 2.40. The smallest absolute Gasteiger partial charge is 0.167 e. The first-order valence-electron chi connectivity index (χ1n) is 10.7. The van der Waals surface area contributed by atoms with E-state index in [1.807, 2.05) is 6.21 Å². The zero-order chi connectivity index (χ0) is 20.6. The Balaban J connectivity index is 1.34. The molecule has 0 bridgehead atoms. The fraction of sp³-hybridized carbons (Fsp3) is 0.435. The van der Waals surface area contributed by atoms with Gasteiger partial charge in [-0.1, -0.05) is 5.10 Å². The molecule has 2 saturated heterocycles. The topological polar surface area (TPSA) is 28.1 Å². The molecule has 1 unspecified atom stereocenters. The highest BCUT2D eigenvalue weighted by atomic mass is 19.1. The largest absolute Gasteiger partial charge is 0.379 e. The van der Waals surface area contributed by atoms with E-state index in [1.165, 1.54) is 18.2 Å². The average molecular weight is 413 g/mol. The molecule has 5 nitrogen and oxygen atoms in total. The molecule has 4 heterocycles. The highest BCUT2D eigenvalue weighted by molar-refractivity contribution is 5.74. The lowest BCUT2D eigenvalue weighted by molar-refractivity contribution is -0.842. The van der Waals surface area contributed by atoms with E-state index in [0.29, 0.717) is 10.2 Å². The van der Waals surface area contributed by atoms with Crippen LogP contribution in [0.25, 0.3) is 0 Å². The van der Waals surface area contributed by atoms with Gasteiger partial charge in [-0.25, -0.2) is 8.78 Å². The predicted octanol–water partition coefficient (Wildman–Crippen LogP) is 3.55. The van der Waals surface area contributed by atoms with Gasteiger partial charge in [0, 0.05) is 49.1 Å². The van der Waals surface area contributed by atoms with Gasteiger partial charge in [-0.05, 0) is 31.0 Å². The zero-order valence-electron chi connectivity index (χ0n) is 17.0. The molecule has 4 aliphatic rings. The Morgan fingerprint density at radius 1 is 1.17 bits per heavy atom. The maximum atomic E-state index is 14.4. The van der Waals surface area contributed by atoms with Crippen LogP contribution in [-0.2, 0) is 4.74 Å². The van der Waals surface area contributed by atoms with Gasteiger partial charge in [0.1, 0.15) is 24.4 Å². The first kappa shape index (κ1) is 19.6. The van der Waals surface area contributed by atoms with E-state index in [9.17, 15) is 8.78 Å². The standard InChI is InChI=1S/C23H27F2N4O/c24-18-3-4-22(25)21(16-18)23-2-1-8-28(23)19-6-12-29(20(17-19)5-7-26-29)13-9-27-10-14-30-15-11-27/h3-7,12,16-17,23H,1-2,8-11,13-15H2/q+1/t23?,29-/m0/s1. The van der Waals surface area contributed by atoms with Crippen LogP contribution in [0, 0.1) is 11.6 Å².